The molecule has 23 heavy (non-hydrogen) atoms. The van der Waals surface area contributed by atoms with E-state index < -0.39 is 0 Å². The monoisotopic (exact) mass is 316 g/mol. The highest BCUT2D eigenvalue weighted by atomic mass is 16.5. The van der Waals surface area contributed by atoms with E-state index in [2.05, 4.69) is 19.3 Å². The number of ether oxygens (including phenoxy) is 1. The summed E-state index contributed by atoms with van der Waals surface area (Å²) in [6, 6.07) is 0. The van der Waals surface area contributed by atoms with Crippen molar-refractivity contribution >= 4 is 5.65 Å². The van der Waals surface area contributed by atoms with Gasteiger partial charge in [-0.3, -0.25) is 14.3 Å². The molecule has 1 saturated carbocycles. The number of hydrogen-bond donors (Lipinski definition) is 1. The Balaban J connectivity index is 1.42. The van der Waals surface area contributed by atoms with E-state index in [0.29, 0.717) is 0 Å². The first kappa shape index (κ1) is 15.1. The number of rotatable bonds is 4. The molecule has 6 heteroatoms. The molecule has 2 aromatic rings. The number of imidazole rings is 1. The topological polar surface area (TPSA) is 62.9 Å². The molecule has 1 saturated heterocycles. The zero-order chi connectivity index (χ0) is 15.9. The standard InChI is InChI=1S/C17H24N4O2/c1-2-23-15-9-14(22)17(15)3-6-20(7-4-17)12-13-10-19-16-11-18-5-8-21(13)16/h5,8,10-11,14-15,22H,2-4,6-7,9,12H2,1H3. The van der Waals surface area contributed by atoms with Gasteiger partial charge in [-0.05, 0) is 32.9 Å². The van der Waals surface area contributed by atoms with Crippen molar-refractivity contribution < 1.29 is 9.84 Å². The van der Waals surface area contributed by atoms with Crippen molar-refractivity contribution in [1.82, 2.24) is 19.3 Å². The third-order valence-corrected chi connectivity index (χ3v) is 5.68. The van der Waals surface area contributed by atoms with E-state index in [1.807, 2.05) is 19.3 Å². The Kier molecular flexibility index (Phi) is 3.83. The summed E-state index contributed by atoms with van der Waals surface area (Å²) in [5, 5.41) is 10.3. The number of aromatic nitrogens is 3. The van der Waals surface area contributed by atoms with Crippen LogP contribution in [0.2, 0.25) is 0 Å². The van der Waals surface area contributed by atoms with Gasteiger partial charge in [0.15, 0.2) is 5.65 Å². The molecule has 6 nitrogen and oxygen atoms in total. The van der Waals surface area contributed by atoms with E-state index in [0.717, 1.165) is 51.2 Å². The lowest BCUT2D eigenvalue weighted by atomic mass is 9.58. The molecule has 2 aromatic heterocycles. The molecule has 4 rings (SSSR count). The molecule has 3 heterocycles. The lowest BCUT2D eigenvalue weighted by molar-refractivity contribution is -0.210. The maximum absolute atomic E-state index is 10.3. The largest absolute Gasteiger partial charge is 0.392 e. The lowest BCUT2D eigenvalue weighted by Crippen LogP contribution is -2.62. The molecule has 0 radical (unpaired) electrons. The molecule has 1 aliphatic heterocycles. The molecule has 2 unspecified atom stereocenters. The Morgan fingerprint density at radius 2 is 2.17 bits per heavy atom. The van der Waals surface area contributed by atoms with E-state index in [4.69, 9.17) is 4.74 Å². The predicted molar refractivity (Wildman–Crippen MR) is 86.0 cm³/mol. The number of fused-ring (bicyclic) bond motifs is 1. The highest BCUT2D eigenvalue weighted by Crippen LogP contribution is 2.51. The molecule has 2 atom stereocenters. The van der Waals surface area contributed by atoms with Gasteiger partial charge in [0.1, 0.15) is 0 Å². The molecule has 124 valence electrons. The second-order valence-electron chi connectivity index (χ2n) is 6.76. The van der Waals surface area contributed by atoms with Crippen molar-refractivity contribution in [3.63, 3.8) is 0 Å². The number of aliphatic hydroxyl groups excluding tert-OH is 1. The first-order valence-electron chi connectivity index (χ1n) is 8.51. The molecule has 1 spiro atoms. The predicted octanol–water partition coefficient (Wildman–Crippen LogP) is 1.48. The summed E-state index contributed by atoms with van der Waals surface area (Å²) < 4.78 is 7.94. The minimum Gasteiger partial charge on any atom is -0.392 e. The van der Waals surface area contributed by atoms with Crippen LogP contribution in [0.3, 0.4) is 0 Å². The summed E-state index contributed by atoms with van der Waals surface area (Å²) in [6.07, 6.45) is 10.3. The normalized spacial score (nSPS) is 27.4. The average molecular weight is 316 g/mol. The highest BCUT2D eigenvalue weighted by Gasteiger charge is 2.55. The fourth-order valence-corrected chi connectivity index (χ4v) is 4.18. The summed E-state index contributed by atoms with van der Waals surface area (Å²) >= 11 is 0. The van der Waals surface area contributed by atoms with Gasteiger partial charge in [0.2, 0.25) is 0 Å². The average Bonchev–Trinajstić information content (AvgIpc) is 2.99. The minimum absolute atomic E-state index is 0.00406. The molecule has 1 N–H and O–H groups in total. The SMILES string of the molecule is CCOC1CC(O)C12CCN(Cc1cnc3cnccn13)CC2. The van der Waals surface area contributed by atoms with Gasteiger partial charge in [0, 0.05) is 37.4 Å². The quantitative estimate of drug-likeness (QED) is 0.926. The van der Waals surface area contributed by atoms with Crippen LogP contribution in [0.15, 0.2) is 24.8 Å². The Morgan fingerprint density at radius 1 is 1.35 bits per heavy atom. The van der Waals surface area contributed by atoms with Gasteiger partial charge in [-0.15, -0.1) is 0 Å². The van der Waals surface area contributed by atoms with Crippen molar-refractivity contribution in [2.75, 3.05) is 19.7 Å². The van der Waals surface area contributed by atoms with E-state index in [9.17, 15) is 5.11 Å². The molecular weight excluding hydrogens is 292 g/mol. The Labute approximate surface area is 136 Å². The van der Waals surface area contributed by atoms with Crippen LogP contribution in [0.5, 0.6) is 0 Å². The van der Waals surface area contributed by atoms with Gasteiger partial charge < -0.3 is 9.84 Å². The summed E-state index contributed by atoms with van der Waals surface area (Å²) in [5.74, 6) is 0. The molecule has 0 bridgehead atoms. The Hall–Kier alpha value is -1.50. The second kappa shape index (κ2) is 5.85. The van der Waals surface area contributed by atoms with Gasteiger partial charge >= 0.3 is 0 Å². The molecule has 2 fully saturated rings. The van der Waals surface area contributed by atoms with E-state index >= 15 is 0 Å². The van der Waals surface area contributed by atoms with Crippen molar-refractivity contribution in [1.29, 1.82) is 0 Å². The van der Waals surface area contributed by atoms with Crippen LogP contribution >= 0.6 is 0 Å². The Morgan fingerprint density at radius 3 is 2.91 bits per heavy atom. The van der Waals surface area contributed by atoms with Gasteiger partial charge in [-0.2, -0.15) is 0 Å². The van der Waals surface area contributed by atoms with Gasteiger partial charge in [0.25, 0.3) is 0 Å². The van der Waals surface area contributed by atoms with Crippen LogP contribution < -0.4 is 0 Å². The van der Waals surface area contributed by atoms with Crippen LogP contribution in [0.25, 0.3) is 5.65 Å². The number of likely N-dealkylation sites (tertiary alicyclic amines) is 1. The zero-order valence-corrected chi connectivity index (χ0v) is 13.6. The third-order valence-electron chi connectivity index (χ3n) is 5.68. The number of piperidine rings is 1. The summed E-state index contributed by atoms with van der Waals surface area (Å²) in [6.45, 7) is 5.65. The molecule has 0 amide bonds. The van der Waals surface area contributed by atoms with E-state index in [1.165, 1.54) is 5.69 Å². The summed E-state index contributed by atoms with van der Waals surface area (Å²) in [5.41, 5.74) is 2.08. The maximum atomic E-state index is 10.3. The fraction of sp³-hybridized carbons (Fsp3) is 0.647. The summed E-state index contributed by atoms with van der Waals surface area (Å²) in [4.78, 5) is 11.0. The van der Waals surface area contributed by atoms with E-state index in [-0.39, 0.29) is 17.6 Å². The minimum atomic E-state index is -0.192. The van der Waals surface area contributed by atoms with Crippen molar-refractivity contribution in [2.24, 2.45) is 5.41 Å². The second-order valence-corrected chi connectivity index (χ2v) is 6.76. The summed E-state index contributed by atoms with van der Waals surface area (Å²) in [7, 11) is 0. The lowest BCUT2D eigenvalue weighted by Gasteiger charge is -2.56. The van der Waals surface area contributed by atoms with Crippen LogP contribution in [-0.4, -0.2) is 56.3 Å². The number of nitrogens with zero attached hydrogens (tertiary/aromatic N) is 4. The van der Waals surface area contributed by atoms with Gasteiger partial charge in [-0.25, -0.2) is 4.98 Å². The number of aliphatic hydroxyl groups is 1. The fourth-order valence-electron chi connectivity index (χ4n) is 4.18. The third kappa shape index (κ3) is 2.45. The smallest absolute Gasteiger partial charge is 0.155 e. The van der Waals surface area contributed by atoms with Crippen LogP contribution in [0.1, 0.15) is 31.9 Å². The van der Waals surface area contributed by atoms with Gasteiger partial charge in [0.05, 0.1) is 30.3 Å². The molecule has 1 aliphatic carbocycles. The van der Waals surface area contributed by atoms with Crippen LogP contribution in [-0.2, 0) is 11.3 Å². The number of hydrogen-bond acceptors (Lipinski definition) is 5. The van der Waals surface area contributed by atoms with Crippen molar-refractivity contribution in [3.8, 4) is 0 Å². The zero-order valence-electron chi connectivity index (χ0n) is 13.6. The highest BCUT2D eigenvalue weighted by molar-refractivity contribution is 5.36. The molecular formula is C17H24N4O2. The maximum Gasteiger partial charge on any atom is 0.155 e. The molecule has 0 aromatic carbocycles. The Bertz CT molecular complexity index is 676. The van der Waals surface area contributed by atoms with E-state index in [1.54, 1.807) is 12.4 Å². The van der Waals surface area contributed by atoms with Crippen molar-refractivity contribution in [2.45, 2.75) is 44.9 Å². The van der Waals surface area contributed by atoms with Crippen molar-refractivity contribution in [3.05, 3.63) is 30.5 Å². The first-order chi connectivity index (χ1) is 11.2. The van der Waals surface area contributed by atoms with Crippen LogP contribution in [0.4, 0.5) is 0 Å². The molecule has 2 aliphatic rings. The first-order valence-corrected chi connectivity index (χ1v) is 8.51. The van der Waals surface area contributed by atoms with Gasteiger partial charge in [-0.1, -0.05) is 0 Å². The van der Waals surface area contributed by atoms with Crippen LogP contribution in [0, 0.1) is 5.41 Å².